The van der Waals surface area contributed by atoms with Crippen molar-refractivity contribution in [1.82, 2.24) is 15.8 Å². The predicted octanol–water partition coefficient (Wildman–Crippen LogP) is 2.27. The van der Waals surface area contributed by atoms with Gasteiger partial charge in [0.2, 0.25) is 0 Å². The van der Waals surface area contributed by atoms with Crippen molar-refractivity contribution in [3.05, 3.63) is 59.8 Å². The highest BCUT2D eigenvalue weighted by molar-refractivity contribution is 7.99. The number of aromatic nitrogens is 1. The third-order valence-electron chi connectivity index (χ3n) is 2.61. The zero-order chi connectivity index (χ0) is 15.1. The minimum atomic E-state index is -0.375. The zero-order valence-corrected chi connectivity index (χ0v) is 12.3. The Balaban J connectivity index is 1.96. The number of benzene rings is 1. The average Bonchev–Trinajstić information content (AvgIpc) is 2.53. The molecule has 0 atom stereocenters. The number of nitrogens with one attached hydrogen (secondary N) is 2. The molecule has 0 aliphatic heterocycles. The van der Waals surface area contributed by atoms with Crippen molar-refractivity contribution in [1.29, 1.82) is 0 Å². The van der Waals surface area contributed by atoms with Crippen LogP contribution in [0.25, 0.3) is 0 Å². The summed E-state index contributed by atoms with van der Waals surface area (Å²) in [5, 5.41) is 0.777. The molecule has 2 amide bonds. The topological polar surface area (TPSA) is 71.1 Å². The molecule has 1 aromatic carbocycles. The van der Waals surface area contributed by atoms with Crippen molar-refractivity contribution in [2.24, 2.45) is 0 Å². The van der Waals surface area contributed by atoms with Gasteiger partial charge in [-0.2, -0.15) is 0 Å². The maximum absolute atomic E-state index is 12.0. The maximum atomic E-state index is 12.0. The average molecular weight is 301 g/mol. The third kappa shape index (κ3) is 4.32. The van der Waals surface area contributed by atoms with E-state index in [9.17, 15) is 9.59 Å². The standard InChI is InChI=1S/C15H15N3O2S/c1-2-21-13-10-12(8-9-16-13)15(20)18-17-14(19)11-6-4-3-5-7-11/h3-10H,2H2,1H3,(H,17,19)(H,18,20). The van der Waals surface area contributed by atoms with Crippen molar-refractivity contribution < 1.29 is 9.59 Å². The summed E-state index contributed by atoms with van der Waals surface area (Å²) >= 11 is 1.55. The lowest BCUT2D eigenvalue weighted by Gasteiger charge is -2.08. The first kappa shape index (κ1) is 15.1. The Labute approximate surface area is 127 Å². The van der Waals surface area contributed by atoms with Crippen LogP contribution in [-0.2, 0) is 0 Å². The molecule has 6 heteroatoms. The minimum Gasteiger partial charge on any atom is -0.267 e. The van der Waals surface area contributed by atoms with Gasteiger partial charge in [-0.1, -0.05) is 25.1 Å². The molecule has 1 aromatic heterocycles. The lowest BCUT2D eigenvalue weighted by Crippen LogP contribution is -2.41. The van der Waals surface area contributed by atoms with Crippen molar-refractivity contribution in [2.45, 2.75) is 11.9 Å². The van der Waals surface area contributed by atoms with Gasteiger partial charge < -0.3 is 0 Å². The molecule has 0 aliphatic rings. The van der Waals surface area contributed by atoms with Gasteiger partial charge in [0.1, 0.15) is 0 Å². The molecule has 2 rings (SSSR count). The van der Waals surface area contributed by atoms with Crippen LogP contribution in [0, 0.1) is 0 Å². The Kier molecular flexibility index (Phi) is 5.34. The number of carbonyl (C=O) groups is 2. The molecule has 1 heterocycles. The van der Waals surface area contributed by atoms with E-state index in [4.69, 9.17) is 0 Å². The molecule has 0 spiro atoms. The molecule has 0 bridgehead atoms. The lowest BCUT2D eigenvalue weighted by atomic mass is 10.2. The van der Waals surface area contributed by atoms with E-state index in [-0.39, 0.29) is 11.8 Å². The van der Waals surface area contributed by atoms with Crippen LogP contribution in [0.5, 0.6) is 0 Å². The second-order valence-corrected chi connectivity index (χ2v) is 5.37. The monoisotopic (exact) mass is 301 g/mol. The molecule has 2 aromatic rings. The highest BCUT2D eigenvalue weighted by Gasteiger charge is 2.09. The number of rotatable bonds is 4. The molecule has 0 fully saturated rings. The van der Waals surface area contributed by atoms with Crippen LogP contribution in [0.2, 0.25) is 0 Å². The summed E-state index contributed by atoms with van der Waals surface area (Å²) in [4.78, 5) is 27.9. The van der Waals surface area contributed by atoms with Crippen LogP contribution in [0.4, 0.5) is 0 Å². The smallest absolute Gasteiger partial charge is 0.267 e. The van der Waals surface area contributed by atoms with Crippen molar-refractivity contribution in [2.75, 3.05) is 5.75 Å². The van der Waals surface area contributed by atoms with Crippen LogP contribution < -0.4 is 10.9 Å². The summed E-state index contributed by atoms with van der Waals surface area (Å²) in [5.74, 6) is 0.142. The van der Waals surface area contributed by atoms with Gasteiger partial charge in [-0.25, -0.2) is 4.98 Å². The van der Waals surface area contributed by atoms with E-state index in [1.807, 2.05) is 13.0 Å². The van der Waals surface area contributed by atoms with Crippen LogP contribution in [-0.4, -0.2) is 22.6 Å². The maximum Gasteiger partial charge on any atom is 0.269 e. The van der Waals surface area contributed by atoms with E-state index in [1.165, 1.54) is 0 Å². The SMILES string of the molecule is CCSc1cc(C(=O)NNC(=O)c2ccccc2)ccn1. The molecule has 5 nitrogen and oxygen atoms in total. The molecule has 21 heavy (non-hydrogen) atoms. The lowest BCUT2D eigenvalue weighted by molar-refractivity contribution is 0.0846. The number of carbonyl (C=O) groups excluding carboxylic acids is 2. The summed E-state index contributed by atoms with van der Waals surface area (Å²) < 4.78 is 0. The van der Waals surface area contributed by atoms with E-state index >= 15 is 0 Å². The number of hydrogen-bond donors (Lipinski definition) is 2. The van der Waals surface area contributed by atoms with Gasteiger partial charge >= 0.3 is 0 Å². The van der Waals surface area contributed by atoms with Crippen molar-refractivity contribution in [3.8, 4) is 0 Å². The van der Waals surface area contributed by atoms with Gasteiger partial charge in [-0.05, 0) is 30.0 Å². The Morgan fingerprint density at radius 2 is 1.71 bits per heavy atom. The molecule has 0 saturated carbocycles. The number of thioether (sulfide) groups is 1. The quantitative estimate of drug-likeness (QED) is 0.671. The Morgan fingerprint density at radius 1 is 1.05 bits per heavy atom. The second kappa shape index (κ2) is 7.44. The molecule has 0 unspecified atom stereocenters. The van der Waals surface area contributed by atoms with Gasteiger partial charge in [0.25, 0.3) is 11.8 Å². The second-order valence-electron chi connectivity index (χ2n) is 4.09. The summed E-state index contributed by atoms with van der Waals surface area (Å²) in [6.07, 6.45) is 1.58. The predicted molar refractivity (Wildman–Crippen MR) is 82.0 cm³/mol. The Morgan fingerprint density at radius 3 is 2.38 bits per heavy atom. The number of pyridine rings is 1. The summed E-state index contributed by atoms with van der Waals surface area (Å²) in [7, 11) is 0. The van der Waals surface area contributed by atoms with Gasteiger partial charge in [-0.15, -0.1) is 11.8 Å². The molecule has 0 saturated heterocycles. The highest BCUT2D eigenvalue weighted by Crippen LogP contribution is 2.15. The molecule has 108 valence electrons. The van der Waals surface area contributed by atoms with E-state index in [0.29, 0.717) is 11.1 Å². The third-order valence-corrected chi connectivity index (χ3v) is 3.42. The van der Waals surface area contributed by atoms with Crippen molar-refractivity contribution >= 4 is 23.6 Å². The van der Waals surface area contributed by atoms with E-state index in [2.05, 4.69) is 15.8 Å². The van der Waals surface area contributed by atoms with Crippen LogP contribution in [0.3, 0.4) is 0 Å². The molecule has 0 radical (unpaired) electrons. The number of nitrogens with zero attached hydrogens (tertiary/aromatic N) is 1. The Bertz CT molecular complexity index is 632. The van der Waals surface area contributed by atoms with Gasteiger partial charge in [-0.3, -0.25) is 20.4 Å². The van der Waals surface area contributed by atoms with Crippen molar-refractivity contribution in [3.63, 3.8) is 0 Å². The largest absolute Gasteiger partial charge is 0.269 e. The summed E-state index contributed by atoms with van der Waals surface area (Å²) in [6, 6.07) is 12.0. The first-order valence-corrected chi connectivity index (χ1v) is 7.44. The van der Waals surface area contributed by atoms with E-state index in [0.717, 1.165) is 10.8 Å². The highest BCUT2D eigenvalue weighted by atomic mass is 32.2. The van der Waals surface area contributed by atoms with Crippen LogP contribution in [0.1, 0.15) is 27.6 Å². The summed E-state index contributed by atoms with van der Waals surface area (Å²) in [5.41, 5.74) is 5.71. The van der Waals surface area contributed by atoms with Crippen LogP contribution >= 0.6 is 11.8 Å². The number of amides is 2. The fraction of sp³-hybridized carbons (Fsp3) is 0.133. The van der Waals surface area contributed by atoms with Gasteiger partial charge in [0.15, 0.2) is 0 Å². The van der Waals surface area contributed by atoms with Gasteiger partial charge in [0.05, 0.1) is 5.03 Å². The molecular formula is C15H15N3O2S. The summed E-state index contributed by atoms with van der Waals surface area (Å²) in [6.45, 7) is 2.01. The number of hydrogen-bond acceptors (Lipinski definition) is 4. The molecule has 2 N–H and O–H groups in total. The van der Waals surface area contributed by atoms with E-state index in [1.54, 1.807) is 54.4 Å². The molecular weight excluding hydrogens is 286 g/mol. The first-order valence-electron chi connectivity index (χ1n) is 6.45. The Hall–Kier alpha value is -2.34. The normalized spacial score (nSPS) is 9.95. The zero-order valence-electron chi connectivity index (χ0n) is 11.5. The fourth-order valence-corrected chi connectivity index (χ4v) is 2.27. The van der Waals surface area contributed by atoms with Gasteiger partial charge in [0, 0.05) is 17.3 Å². The van der Waals surface area contributed by atoms with Crippen LogP contribution in [0.15, 0.2) is 53.7 Å². The number of hydrazine groups is 1. The van der Waals surface area contributed by atoms with E-state index < -0.39 is 0 Å². The minimum absolute atomic E-state index is 0.360. The fourth-order valence-electron chi connectivity index (χ4n) is 1.62. The molecule has 0 aliphatic carbocycles. The first-order chi connectivity index (χ1) is 10.2.